The second kappa shape index (κ2) is 5.13. The van der Waals surface area contributed by atoms with E-state index in [-0.39, 0.29) is 0 Å². The molecule has 0 heterocycles. The molecule has 0 radical (unpaired) electrons. The lowest BCUT2D eigenvalue weighted by Gasteiger charge is -2.28. The van der Waals surface area contributed by atoms with Gasteiger partial charge in [0, 0.05) is 12.1 Å². The van der Waals surface area contributed by atoms with Crippen molar-refractivity contribution < 1.29 is 0 Å². The summed E-state index contributed by atoms with van der Waals surface area (Å²) in [6.07, 6.45) is 12.4. The Kier molecular flexibility index (Phi) is 3.55. The Morgan fingerprint density at radius 2 is 1.71 bits per heavy atom. The molecule has 2 nitrogen and oxygen atoms in total. The molecule has 0 spiro atoms. The van der Waals surface area contributed by atoms with Crippen molar-refractivity contribution in [3.05, 3.63) is 0 Å². The SMILES string of the molecule is S=C(NC1CCCCC1)N[C@@H]1C[C@H]2CC[C@H]1C2. The van der Waals surface area contributed by atoms with Gasteiger partial charge in [-0.3, -0.25) is 0 Å². The molecule has 0 aliphatic heterocycles. The van der Waals surface area contributed by atoms with E-state index in [0.717, 1.165) is 16.9 Å². The summed E-state index contributed by atoms with van der Waals surface area (Å²) < 4.78 is 0. The Balaban J connectivity index is 1.44. The molecular formula is C14H24N2S. The number of hydrogen-bond acceptors (Lipinski definition) is 1. The number of fused-ring (bicyclic) bond motifs is 2. The summed E-state index contributed by atoms with van der Waals surface area (Å²) in [6.45, 7) is 0. The maximum absolute atomic E-state index is 5.46. The first kappa shape index (κ1) is 11.8. The van der Waals surface area contributed by atoms with Crippen LogP contribution in [0.2, 0.25) is 0 Å². The molecule has 3 aliphatic rings. The van der Waals surface area contributed by atoms with E-state index < -0.39 is 0 Å². The quantitative estimate of drug-likeness (QED) is 0.739. The third-order valence-electron chi connectivity index (χ3n) is 4.99. The average Bonchev–Trinajstić information content (AvgIpc) is 2.92. The van der Waals surface area contributed by atoms with Gasteiger partial charge in [0.15, 0.2) is 5.11 Å². The molecule has 2 N–H and O–H groups in total. The summed E-state index contributed by atoms with van der Waals surface area (Å²) in [6, 6.07) is 1.32. The summed E-state index contributed by atoms with van der Waals surface area (Å²) in [5.74, 6) is 1.90. The summed E-state index contributed by atoms with van der Waals surface area (Å²) in [5.41, 5.74) is 0. The van der Waals surface area contributed by atoms with Crippen molar-refractivity contribution in [2.75, 3.05) is 0 Å². The Hall–Kier alpha value is -0.310. The fraction of sp³-hybridized carbons (Fsp3) is 0.929. The maximum atomic E-state index is 5.46. The molecule has 0 amide bonds. The average molecular weight is 252 g/mol. The summed E-state index contributed by atoms with van der Waals surface area (Å²) in [7, 11) is 0. The first-order chi connectivity index (χ1) is 8.31. The fourth-order valence-electron chi connectivity index (χ4n) is 4.06. The van der Waals surface area contributed by atoms with Crippen molar-refractivity contribution in [1.82, 2.24) is 10.6 Å². The van der Waals surface area contributed by atoms with Gasteiger partial charge < -0.3 is 10.6 Å². The van der Waals surface area contributed by atoms with Gasteiger partial charge in [-0.1, -0.05) is 25.7 Å². The van der Waals surface area contributed by atoms with Gasteiger partial charge in [0.2, 0.25) is 0 Å². The van der Waals surface area contributed by atoms with Crippen molar-refractivity contribution in [3.63, 3.8) is 0 Å². The molecule has 0 saturated heterocycles. The molecule has 3 rings (SSSR count). The molecule has 3 heteroatoms. The third kappa shape index (κ3) is 2.75. The van der Waals surface area contributed by atoms with E-state index in [4.69, 9.17) is 12.2 Å². The number of nitrogens with one attached hydrogen (secondary N) is 2. The molecule has 0 aromatic rings. The van der Waals surface area contributed by atoms with Gasteiger partial charge >= 0.3 is 0 Å². The largest absolute Gasteiger partial charge is 0.360 e. The molecule has 0 unspecified atom stereocenters. The van der Waals surface area contributed by atoms with Crippen LogP contribution in [-0.4, -0.2) is 17.2 Å². The van der Waals surface area contributed by atoms with E-state index in [1.54, 1.807) is 0 Å². The first-order valence-electron chi connectivity index (χ1n) is 7.38. The van der Waals surface area contributed by atoms with Crippen molar-refractivity contribution in [3.8, 4) is 0 Å². The zero-order chi connectivity index (χ0) is 11.7. The molecule has 2 bridgehead atoms. The third-order valence-corrected chi connectivity index (χ3v) is 5.23. The summed E-state index contributed by atoms with van der Waals surface area (Å²) >= 11 is 5.46. The van der Waals surface area contributed by atoms with E-state index in [2.05, 4.69) is 10.6 Å². The number of thiocarbonyl (C=S) groups is 1. The van der Waals surface area contributed by atoms with E-state index in [0.29, 0.717) is 12.1 Å². The first-order valence-corrected chi connectivity index (χ1v) is 7.79. The topological polar surface area (TPSA) is 24.1 Å². The fourth-order valence-corrected chi connectivity index (χ4v) is 4.38. The second-order valence-corrected chi connectivity index (χ2v) is 6.64. The lowest BCUT2D eigenvalue weighted by atomic mass is 9.95. The Morgan fingerprint density at radius 1 is 0.882 bits per heavy atom. The van der Waals surface area contributed by atoms with Crippen LogP contribution in [0.25, 0.3) is 0 Å². The molecule has 3 aliphatic carbocycles. The van der Waals surface area contributed by atoms with Gasteiger partial charge in [0.1, 0.15) is 0 Å². The van der Waals surface area contributed by atoms with E-state index >= 15 is 0 Å². The number of hydrogen-bond donors (Lipinski definition) is 2. The van der Waals surface area contributed by atoms with Crippen LogP contribution in [0.3, 0.4) is 0 Å². The highest BCUT2D eigenvalue weighted by Gasteiger charge is 2.39. The Bertz CT molecular complexity index is 286. The Morgan fingerprint density at radius 3 is 2.35 bits per heavy atom. The standard InChI is InChI=1S/C14H24N2S/c17-14(15-12-4-2-1-3-5-12)16-13-9-10-6-7-11(13)8-10/h10-13H,1-9H2,(H2,15,16,17)/t10-,11-,13+/m0/s1. The van der Waals surface area contributed by atoms with Gasteiger partial charge in [0.25, 0.3) is 0 Å². The van der Waals surface area contributed by atoms with Crippen LogP contribution in [-0.2, 0) is 0 Å². The van der Waals surface area contributed by atoms with Gasteiger partial charge in [-0.15, -0.1) is 0 Å². The maximum Gasteiger partial charge on any atom is 0.166 e. The predicted molar refractivity (Wildman–Crippen MR) is 75.0 cm³/mol. The van der Waals surface area contributed by atoms with Crippen LogP contribution in [0.5, 0.6) is 0 Å². The summed E-state index contributed by atoms with van der Waals surface area (Å²) in [5, 5.41) is 8.03. The van der Waals surface area contributed by atoms with Crippen LogP contribution in [0, 0.1) is 11.8 Å². The smallest absolute Gasteiger partial charge is 0.166 e. The van der Waals surface area contributed by atoms with E-state index in [1.807, 2.05) is 0 Å². The molecule has 96 valence electrons. The van der Waals surface area contributed by atoms with Crippen LogP contribution in [0.15, 0.2) is 0 Å². The minimum atomic E-state index is 0.641. The van der Waals surface area contributed by atoms with Gasteiger partial charge in [-0.05, 0) is 56.2 Å². The minimum Gasteiger partial charge on any atom is -0.360 e. The minimum absolute atomic E-state index is 0.641. The molecule has 0 aromatic carbocycles. The van der Waals surface area contributed by atoms with E-state index in [1.165, 1.54) is 57.8 Å². The Labute approximate surface area is 110 Å². The molecule has 3 saturated carbocycles. The van der Waals surface area contributed by atoms with Crippen molar-refractivity contribution >= 4 is 17.3 Å². The zero-order valence-corrected chi connectivity index (χ0v) is 11.4. The molecule has 0 aromatic heterocycles. The van der Waals surface area contributed by atoms with Gasteiger partial charge in [-0.25, -0.2) is 0 Å². The van der Waals surface area contributed by atoms with Crippen LogP contribution >= 0.6 is 12.2 Å². The molecule has 17 heavy (non-hydrogen) atoms. The van der Waals surface area contributed by atoms with Crippen molar-refractivity contribution in [2.24, 2.45) is 11.8 Å². The highest BCUT2D eigenvalue weighted by molar-refractivity contribution is 7.80. The van der Waals surface area contributed by atoms with Crippen LogP contribution in [0.4, 0.5) is 0 Å². The lowest BCUT2D eigenvalue weighted by Crippen LogP contribution is -2.48. The molecular weight excluding hydrogens is 228 g/mol. The monoisotopic (exact) mass is 252 g/mol. The summed E-state index contributed by atoms with van der Waals surface area (Å²) in [4.78, 5) is 0. The van der Waals surface area contributed by atoms with Crippen LogP contribution in [0.1, 0.15) is 57.8 Å². The zero-order valence-electron chi connectivity index (χ0n) is 10.6. The number of rotatable bonds is 2. The predicted octanol–water partition coefficient (Wildman–Crippen LogP) is 2.97. The van der Waals surface area contributed by atoms with E-state index in [9.17, 15) is 0 Å². The highest BCUT2D eigenvalue weighted by Crippen LogP contribution is 2.44. The van der Waals surface area contributed by atoms with Crippen molar-refractivity contribution in [2.45, 2.75) is 69.9 Å². The van der Waals surface area contributed by atoms with Crippen LogP contribution < -0.4 is 10.6 Å². The van der Waals surface area contributed by atoms with Gasteiger partial charge in [0.05, 0.1) is 0 Å². The lowest BCUT2D eigenvalue weighted by molar-refractivity contribution is 0.378. The normalized spacial score (nSPS) is 37.1. The molecule has 3 fully saturated rings. The molecule has 3 atom stereocenters. The van der Waals surface area contributed by atoms with Gasteiger partial charge in [-0.2, -0.15) is 0 Å². The van der Waals surface area contributed by atoms with Crippen molar-refractivity contribution in [1.29, 1.82) is 0 Å². The highest BCUT2D eigenvalue weighted by atomic mass is 32.1. The second-order valence-electron chi connectivity index (χ2n) is 6.23.